The highest BCUT2D eigenvalue weighted by molar-refractivity contribution is 5.98. The van der Waals surface area contributed by atoms with E-state index in [1.54, 1.807) is 4.90 Å². The van der Waals surface area contributed by atoms with E-state index in [2.05, 4.69) is 15.6 Å². The Bertz CT molecular complexity index is 1780. The lowest BCUT2D eigenvalue weighted by Crippen LogP contribution is -2.56. The molecule has 4 aromatic rings. The molecule has 3 aromatic carbocycles. The number of aromatic nitrogens is 2. The van der Waals surface area contributed by atoms with E-state index in [1.807, 2.05) is 30.3 Å². The zero-order valence-electron chi connectivity index (χ0n) is 27.9. The summed E-state index contributed by atoms with van der Waals surface area (Å²) in [5.74, 6) is -2.68. The normalized spacial score (nSPS) is 14.9. The minimum atomic E-state index is -1.26. The molecule has 1 aromatic heterocycles. The zero-order valence-corrected chi connectivity index (χ0v) is 27.9. The molecule has 262 valence electrons. The number of ether oxygens (including phenoxy) is 1. The number of nitrogens with two attached hydrogens (primary N) is 1. The average Bonchev–Trinajstić information content (AvgIpc) is 3.56. The molecular formula is C37H40F2N6O5. The molecule has 2 unspecified atom stereocenters. The van der Waals surface area contributed by atoms with E-state index in [0.29, 0.717) is 37.1 Å². The first-order chi connectivity index (χ1) is 23.9. The molecule has 0 spiro atoms. The van der Waals surface area contributed by atoms with E-state index >= 15 is 0 Å². The number of imidazole rings is 1. The van der Waals surface area contributed by atoms with Gasteiger partial charge in [0, 0.05) is 30.8 Å². The Hall–Kier alpha value is -5.27. The van der Waals surface area contributed by atoms with Crippen LogP contribution in [-0.2, 0) is 25.7 Å². The van der Waals surface area contributed by atoms with Gasteiger partial charge in [-0.3, -0.25) is 19.2 Å². The van der Waals surface area contributed by atoms with Crippen LogP contribution in [0.2, 0.25) is 0 Å². The van der Waals surface area contributed by atoms with Gasteiger partial charge in [-0.2, -0.15) is 0 Å². The molecule has 5 rings (SSSR count). The molecule has 2 atom stereocenters. The van der Waals surface area contributed by atoms with Gasteiger partial charge in [0.05, 0.1) is 25.1 Å². The number of hydrogen-bond donors (Lipinski definition) is 3. The number of carbonyl (C=O) groups is 4. The van der Waals surface area contributed by atoms with Gasteiger partial charge in [-0.1, -0.05) is 42.5 Å². The number of benzene rings is 3. The predicted molar refractivity (Wildman–Crippen MR) is 182 cm³/mol. The molecule has 0 saturated carbocycles. The van der Waals surface area contributed by atoms with Crippen molar-refractivity contribution in [3.63, 3.8) is 0 Å². The predicted octanol–water partition coefficient (Wildman–Crippen LogP) is 4.25. The quantitative estimate of drug-likeness (QED) is 0.178. The van der Waals surface area contributed by atoms with Crippen LogP contribution in [0.1, 0.15) is 54.2 Å². The Morgan fingerprint density at radius 1 is 0.940 bits per heavy atom. The molecule has 11 nitrogen and oxygen atoms in total. The first kappa shape index (κ1) is 36.0. The second-order valence-electron chi connectivity index (χ2n) is 12.9. The lowest BCUT2D eigenvalue weighted by atomic mass is 9.88. The van der Waals surface area contributed by atoms with Crippen molar-refractivity contribution in [1.82, 2.24) is 19.8 Å². The summed E-state index contributed by atoms with van der Waals surface area (Å²) in [5.41, 5.74) is 6.49. The van der Waals surface area contributed by atoms with Crippen molar-refractivity contribution in [3.8, 4) is 0 Å². The van der Waals surface area contributed by atoms with Crippen molar-refractivity contribution < 1.29 is 32.7 Å². The number of hydrogen-bond acceptors (Lipinski definition) is 7. The van der Waals surface area contributed by atoms with Crippen LogP contribution in [0.3, 0.4) is 0 Å². The third-order valence-corrected chi connectivity index (χ3v) is 8.48. The number of nitrogens with one attached hydrogen (secondary N) is 2. The number of ketones is 1. The van der Waals surface area contributed by atoms with Gasteiger partial charge in [0.2, 0.25) is 11.8 Å². The first-order valence-electron chi connectivity index (χ1n) is 16.3. The van der Waals surface area contributed by atoms with Crippen LogP contribution in [0.25, 0.3) is 0 Å². The summed E-state index contributed by atoms with van der Waals surface area (Å²) in [5, 5.41) is 5.32. The van der Waals surface area contributed by atoms with Gasteiger partial charge in [-0.05, 0) is 74.2 Å². The highest BCUT2D eigenvalue weighted by atomic mass is 19.1. The summed E-state index contributed by atoms with van der Waals surface area (Å²) in [4.78, 5) is 59.2. The van der Waals surface area contributed by atoms with Crippen LogP contribution < -0.4 is 16.4 Å². The van der Waals surface area contributed by atoms with Crippen molar-refractivity contribution >= 4 is 29.3 Å². The van der Waals surface area contributed by atoms with Gasteiger partial charge in [0.15, 0.2) is 11.6 Å². The highest BCUT2D eigenvalue weighted by Gasteiger charge is 2.34. The van der Waals surface area contributed by atoms with Gasteiger partial charge in [-0.25, -0.2) is 13.8 Å². The fourth-order valence-corrected chi connectivity index (χ4v) is 5.62. The maximum absolute atomic E-state index is 14.1. The van der Waals surface area contributed by atoms with Gasteiger partial charge in [0.25, 0.3) is 5.91 Å². The van der Waals surface area contributed by atoms with E-state index in [4.69, 9.17) is 10.5 Å². The van der Waals surface area contributed by atoms with E-state index in [9.17, 15) is 28.0 Å². The van der Waals surface area contributed by atoms with E-state index in [0.717, 1.165) is 5.56 Å². The van der Waals surface area contributed by atoms with Crippen molar-refractivity contribution in [1.29, 1.82) is 0 Å². The zero-order chi connectivity index (χ0) is 35.8. The molecule has 1 fully saturated rings. The number of carbonyl (C=O) groups excluding carboxylic acids is 4. The molecule has 0 radical (unpaired) electrons. The lowest BCUT2D eigenvalue weighted by molar-refractivity contribution is -0.134. The van der Waals surface area contributed by atoms with Crippen molar-refractivity contribution in [2.45, 2.75) is 50.9 Å². The summed E-state index contributed by atoms with van der Waals surface area (Å²) < 4.78 is 34.5. The topological polar surface area (TPSA) is 149 Å². The maximum atomic E-state index is 14.1. The highest BCUT2D eigenvalue weighted by Crippen LogP contribution is 2.28. The van der Waals surface area contributed by atoms with Crippen LogP contribution >= 0.6 is 0 Å². The summed E-state index contributed by atoms with van der Waals surface area (Å²) in [6.07, 6.45) is 3.70. The number of likely N-dealkylation sites (tertiary alicyclic amines) is 1. The maximum Gasteiger partial charge on any atom is 0.250 e. The Labute approximate surface area is 288 Å². The number of halogens is 2. The summed E-state index contributed by atoms with van der Waals surface area (Å²) in [7, 11) is 0. The van der Waals surface area contributed by atoms with Crippen LogP contribution in [-0.4, -0.2) is 69.2 Å². The summed E-state index contributed by atoms with van der Waals surface area (Å²) in [6.45, 7) is 3.69. The van der Waals surface area contributed by atoms with Gasteiger partial charge >= 0.3 is 0 Å². The second-order valence-corrected chi connectivity index (χ2v) is 12.9. The molecule has 50 heavy (non-hydrogen) atoms. The molecule has 1 aliphatic rings. The number of amides is 3. The standard InChI is InChI=1S/C37H40F2N6O5/c1-37(2,40)36(49)42-30(22-50-21-24-6-4-3-5-7-24)34(47)43-31-20-45(23-41-31)32(25-8-12-28(38)13-9-25)35(48)44-18-16-27(17-19-44)33(46)26-10-14-29(39)15-11-26/h3-15,20,23,27,30,32H,16-19,21-22,40H2,1-2H3,(H,42,49)(H,43,47). The van der Waals surface area contributed by atoms with Crippen molar-refractivity contribution in [3.05, 3.63) is 120 Å². The fourth-order valence-electron chi connectivity index (χ4n) is 5.62. The van der Waals surface area contributed by atoms with Crippen LogP contribution in [0.5, 0.6) is 0 Å². The number of Topliss-reactive ketones (excluding diaryl/α,β-unsaturated/α-hetero) is 1. The summed E-state index contributed by atoms with van der Waals surface area (Å²) >= 11 is 0. The molecule has 2 heterocycles. The Kier molecular flexibility index (Phi) is 11.5. The van der Waals surface area contributed by atoms with Crippen molar-refractivity contribution in [2.24, 2.45) is 11.7 Å². The van der Waals surface area contributed by atoms with E-state index < -0.39 is 41.1 Å². The third kappa shape index (κ3) is 9.24. The second kappa shape index (κ2) is 16.0. The molecule has 3 amide bonds. The molecule has 13 heteroatoms. The minimum absolute atomic E-state index is 0.0998. The monoisotopic (exact) mass is 686 g/mol. The Balaban J connectivity index is 1.29. The molecule has 1 aliphatic heterocycles. The molecular weight excluding hydrogens is 646 g/mol. The number of anilines is 1. The largest absolute Gasteiger partial charge is 0.374 e. The van der Waals surface area contributed by atoms with Crippen LogP contribution in [0.4, 0.5) is 14.6 Å². The van der Waals surface area contributed by atoms with Gasteiger partial charge in [0.1, 0.15) is 23.7 Å². The molecule has 1 saturated heterocycles. The van der Waals surface area contributed by atoms with Gasteiger partial charge in [-0.15, -0.1) is 0 Å². The average molecular weight is 687 g/mol. The van der Waals surface area contributed by atoms with Crippen LogP contribution in [0, 0.1) is 17.6 Å². The van der Waals surface area contributed by atoms with Crippen LogP contribution in [0.15, 0.2) is 91.4 Å². The van der Waals surface area contributed by atoms with E-state index in [1.165, 1.54) is 79.5 Å². The minimum Gasteiger partial charge on any atom is -0.374 e. The Morgan fingerprint density at radius 3 is 2.18 bits per heavy atom. The van der Waals surface area contributed by atoms with E-state index in [-0.39, 0.29) is 36.6 Å². The van der Waals surface area contributed by atoms with Crippen molar-refractivity contribution in [2.75, 3.05) is 25.0 Å². The smallest absolute Gasteiger partial charge is 0.250 e. The first-order valence-corrected chi connectivity index (χ1v) is 16.3. The lowest BCUT2D eigenvalue weighted by Gasteiger charge is -2.34. The third-order valence-electron chi connectivity index (χ3n) is 8.48. The van der Waals surface area contributed by atoms with Gasteiger partial charge < -0.3 is 30.6 Å². The number of piperidine rings is 1. The number of rotatable bonds is 13. The molecule has 4 N–H and O–H groups in total. The summed E-state index contributed by atoms with van der Waals surface area (Å²) in [6, 6.07) is 18.2. The molecule has 0 bridgehead atoms. The Morgan fingerprint density at radius 2 is 1.56 bits per heavy atom. The SMILES string of the molecule is CC(C)(N)C(=O)NC(COCc1ccccc1)C(=O)Nc1cn(C(C(=O)N2CCC(C(=O)c3ccc(F)cc3)CC2)c2ccc(F)cc2)cn1. The number of nitrogens with zero attached hydrogens (tertiary/aromatic N) is 3. The fraction of sp³-hybridized carbons (Fsp3) is 0.324. The molecule has 0 aliphatic carbocycles.